The van der Waals surface area contributed by atoms with Crippen LogP contribution < -0.4 is 0 Å². The minimum absolute atomic E-state index is 0.215. The number of ether oxygens (including phenoxy) is 1. The number of methoxy groups -OCH3 is 1. The van der Waals surface area contributed by atoms with E-state index in [-0.39, 0.29) is 11.4 Å². The normalized spacial score (nSPS) is 24.2. The van der Waals surface area contributed by atoms with Crippen molar-refractivity contribution in [3.8, 4) is 0 Å². The van der Waals surface area contributed by atoms with Crippen LogP contribution in [0.15, 0.2) is 12.4 Å². The average Bonchev–Trinajstić information content (AvgIpc) is 3.09. The summed E-state index contributed by atoms with van der Waals surface area (Å²) in [4.78, 5) is 27.8. The monoisotopic (exact) mass is 362 g/mol. The van der Waals surface area contributed by atoms with Gasteiger partial charge in [-0.1, -0.05) is 0 Å². The van der Waals surface area contributed by atoms with E-state index in [2.05, 4.69) is 21.7 Å². The number of carbonyl (C=O) groups excluding carboxylic acids is 2. The summed E-state index contributed by atoms with van der Waals surface area (Å²) in [6, 6.07) is 0. The Kier molecular flexibility index (Phi) is 5.96. The van der Waals surface area contributed by atoms with Crippen LogP contribution in [0.1, 0.15) is 44.6 Å². The van der Waals surface area contributed by atoms with Gasteiger partial charge in [0, 0.05) is 49.8 Å². The Hall–Kier alpha value is -1.89. The van der Waals surface area contributed by atoms with E-state index in [1.807, 2.05) is 22.0 Å². The molecule has 26 heavy (non-hydrogen) atoms. The number of rotatable bonds is 6. The lowest BCUT2D eigenvalue weighted by Gasteiger charge is -2.48. The van der Waals surface area contributed by atoms with E-state index in [0.29, 0.717) is 25.3 Å². The molecule has 7 heteroatoms. The summed E-state index contributed by atoms with van der Waals surface area (Å²) in [6.07, 6.45) is 8.35. The van der Waals surface area contributed by atoms with Gasteiger partial charge in [0.05, 0.1) is 26.3 Å². The zero-order valence-corrected chi connectivity index (χ0v) is 15.9. The number of amides is 1. The number of hydrogen-bond acceptors (Lipinski definition) is 5. The highest BCUT2D eigenvalue weighted by Crippen LogP contribution is 2.39. The van der Waals surface area contributed by atoms with Gasteiger partial charge in [0.15, 0.2) is 0 Å². The van der Waals surface area contributed by atoms with Crippen LogP contribution in [0.5, 0.6) is 0 Å². The first-order valence-electron chi connectivity index (χ1n) is 9.62. The highest BCUT2D eigenvalue weighted by Gasteiger charge is 2.41. The van der Waals surface area contributed by atoms with Crippen LogP contribution in [-0.2, 0) is 27.4 Å². The van der Waals surface area contributed by atoms with E-state index < -0.39 is 0 Å². The fourth-order valence-electron chi connectivity index (χ4n) is 4.35. The van der Waals surface area contributed by atoms with Gasteiger partial charge in [-0.3, -0.25) is 19.2 Å². The van der Waals surface area contributed by atoms with Crippen LogP contribution in [0.3, 0.4) is 0 Å². The van der Waals surface area contributed by atoms with Gasteiger partial charge in [0.25, 0.3) is 0 Å². The Morgan fingerprint density at radius 2 is 2.19 bits per heavy atom. The third-order valence-corrected chi connectivity index (χ3v) is 5.74. The Bertz CT molecular complexity index is 644. The molecule has 2 fully saturated rings. The summed E-state index contributed by atoms with van der Waals surface area (Å²) < 4.78 is 6.48. The molecule has 2 aliphatic rings. The van der Waals surface area contributed by atoms with Gasteiger partial charge in [-0.15, -0.1) is 0 Å². The summed E-state index contributed by atoms with van der Waals surface area (Å²) in [5, 5.41) is 4.36. The number of likely N-dealkylation sites (tertiary alicyclic amines) is 2. The first-order valence-corrected chi connectivity index (χ1v) is 9.62. The van der Waals surface area contributed by atoms with Crippen LogP contribution >= 0.6 is 0 Å². The molecular weight excluding hydrogens is 332 g/mol. The maximum absolute atomic E-state index is 12.0. The predicted octanol–water partition coefficient (Wildman–Crippen LogP) is 1.67. The number of nitrogens with zero attached hydrogens (tertiary/aromatic N) is 4. The highest BCUT2D eigenvalue weighted by molar-refractivity contribution is 5.77. The second-order valence-corrected chi connectivity index (χ2v) is 7.66. The van der Waals surface area contributed by atoms with E-state index in [1.54, 1.807) is 0 Å². The van der Waals surface area contributed by atoms with Gasteiger partial charge in [0.2, 0.25) is 5.91 Å². The molecular formula is C19H30N4O3. The van der Waals surface area contributed by atoms with Gasteiger partial charge in [-0.05, 0) is 32.7 Å². The predicted molar refractivity (Wildman–Crippen MR) is 97.3 cm³/mol. The zero-order valence-electron chi connectivity index (χ0n) is 15.9. The van der Waals surface area contributed by atoms with E-state index >= 15 is 0 Å². The third kappa shape index (κ3) is 4.44. The quantitative estimate of drug-likeness (QED) is 0.720. The Balaban J connectivity index is 1.56. The maximum atomic E-state index is 12.0. The third-order valence-electron chi connectivity index (χ3n) is 5.74. The number of piperidine rings is 2. The van der Waals surface area contributed by atoms with E-state index in [1.165, 1.54) is 25.5 Å². The van der Waals surface area contributed by atoms with Crippen molar-refractivity contribution in [1.82, 2.24) is 19.6 Å². The SMILES string of the molecule is CCN1C[C@@]2(CCCN(Cc3cnn(CCC(=O)OC)c3)C2)CCC1=O. The molecule has 0 radical (unpaired) electrons. The summed E-state index contributed by atoms with van der Waals surface area (Å²) in [7, 11) is 1.40. The van der Waals surface area contributed by atoms with Gasteiger partial charge >= 0.3 is 5.97 Å². The number of hydrogen-bond donors (Lipinski definition) is 0. The first kappa shape index (κ1) is 18.9. The smallest absolute Gasteiger partial charge is 0.307 e. The second-order valence-electron chi connectivity index (χ2n) is 7.66. The van der Waals surface area contributed by atoms with Crippen LogP contribution in [0.2, 0.25) is 0 Å². The molecule has 0 saturated carbocycles. The summed E-state index contributed by atoms with van der Waals surface area (Å²) >= 11 is 0. The minimum Gasteiger partial charge on any atom is -0.469 e. The van der Waals surface area contributed by atoms with Crippen molar-refractivity contribution in [1.29, 1.82) is 0 Å². The molecule has 1 atom stereocenters. The van der Waals surface area contributed by atoms with Crippen molar-refractivity contribution < 1.29 is 14.3 Å². The second kappa shape index (κ2) is 8.20. The summed E-state index contributed by atoms with van der Waals surface area (Å²) in [5.74, 6) is 0.0921. The lowest BCUT2D eigenvalue weighted by atomic mass is 9.73. The fourth-order valence-corrected chi connectivity index (χ4v) is 4.35. The van der Waals surface area contributed by atoms with Crippen LogP contribution in [0.25, 0.3) is 0 Å². The molecule has 0 bridgehead atoms. The zero-order chi connectivity index (χ0) is 18.6. The molecule has 2 aliphatic heterocycles. The summed E-state index contributed by atoms with van der Waals surface area (Å²) in [5.41, 5.74) is 1.43. The van der Waals surface area contributed by atoms with Crippen LogP contribution in [-0.4, -0.2) is 64.7 Å². The maximum Gasteiger partial charge on any atom is 0.307 e. The highest BCUT2D eigenvalue weighted by atomic mass is 16.5. The minimum atomic E-state index is -0.215. The molecule has 0 aliphatic carbocycles. The average molecular weight is 362 g/mol. The molecule has 1 aromatic rings. The van der Waals surface area contributed by atoms with Crippen molar-refractivity contribution in [3.63, 3.8) is 0 Å². The van der Waals surface area contributed by atoms with Gasteiger partial charge < -0.3 is 9.64 Å². The van der Waals surface area contributed by atoms with Crippen molar-refractivity contribution in [2.45, 2.75) is 52.1 Å². The molecule has 0 aromatic carbocycles. The first-order chi connectivity index (χ1) is 12.5. The molecule has 3 rings (SSSR count). The molecule has 2 saturated heterocycles. The van der Waals surface area contributed by atoms with Gasteiger partial charge in [0.1, 0.15) is 0 Å². The lowest BCUT2D eigenvalue weighted by Crippen LogP contribution is -2.53. The Labute approximate surface area is 155 Å². The molecule has 1 spiro atoms. The molecule has 0 unspecified atom stereocenters. The van der Waals surface area contributed by atoms with Crippen molar-refractivity contribution in [2.24, 2.45) is 5.41 Å². The van der Waals surface area contributed by atoms with Gasteiger partial charge in [-0.25, -0.2) is 0 Å². The molecule has 7 nitrogen and oxygen atoms in total. The lowest BCUT2D eigenvalue weighted by molar-refractivity contribution is -0.141. The number of carbonyl (C=O) groups is 2. The Morgan fingerprint density at radius 3 is 2.96 bits per heavy atom. The molecule has 144 valence electrons. The Morgan fingerprint density at radius 1 is 1.35 bits per heavy atom. The van der Waals surface area contributed by atoms with E-state index in [0.717, 1.165) is 39.1 Å². The van der Waals surface area contributed by atoms with Gasteiger partial charge in [-0.2, -0.15) is 5.10 Å². The number of aromatic nitrogens is 2. The standard InChI is InChI=1S/C19H30N4O3/c1-3-22-15-19(8-5-17(22)24)7-4-9-21(14-19)12-16-11-20-23(13-16)10-6-18(25)26-2/h11,13H,3-10,12,14-15H2,1-2H3/t19-/m0/s1. The molecule has 1 amide bonds. The van der Waals surface area contributed by atoms with Crippen molar-refractivity contribution >= 4 is 11.9 Å². The molecule has 3 heterocycles. The van der Waals surface area contributed by atoms with Crippen LogP contribution in [0.4, 0.5) is 0 Å². The summed E-state index contributed by atoms with van der Waals surface area (Å²) in [6.45, 7) is 7.34. The van der Waals surface area contributed by atoms with E-state index in [9.17, 15) is 9.59 Å². The van der Waals surface area contributed by atoms with E-state index in [4.69, 9.17) is 0 Å². The van der Waals surface area contributed by atoms with Crippen molar-refractivity contribution in [2.75, 3.05) is 33.3 Å². The fraction of sp³-hybridized carbons (Fsp3) is 0.737. The largest absolute Gasteiger partial charge is 0.469 e. The molecule has 0 N–H and O–H groups in total. The van der Waals surface area contributed by atoms with Crippen molar-refractivity contribution in [3.05, 3.63) is 18.0 Å². The number of aryl methyl sites for hydroxylation is 1. The number of esters is 1. The van der Waals surface area contributed by atoms with Crippen LogP contribution in [0, 0.1) is 5.41 Å². The molecule has 1 aromatic heterocycles. The topological polar surface area (TPSA) is 67.7 Å².